The minimum absolute atomic E-state index is 0.0346. The maximum Gasteiger partial charge on any atom is 0.324 e. The topological polar surface area (TPSA) is 68.8 Å². The summed E-state index contributed by atoms with van der Waals surface area (Å²) in [5, 5.41) is 3.51. The minimum atomic E-state index is -0.161. The molecule has 3 aromatic carbocycles. The van der Waals surface area contributed by atoms with Gasteiger partial charge in [0.1, 0.15) is 0 Å². The highest BCUT2D eigenvalue weighted by molar-refractivity contribution is 7.22. The van der Waals surface area contributed by atoms with E-state index in [4.69, 9.17) is 0 Å². The zero-order valence-corrected chi connectivity index (χ0v) is 22.0. The third-order valence-electron chi connectivity index (χ3n) is 6.80. The van der Waals surface area contributed by atoms with Crippen molar-refractivity contribution in [2.45, 2.75) is 19.9 Å². The fourth-order valence-electron chi connectivity index (χ4n) is 4.49. The molecule has 37 heavy (non-hydrogen) atoms. The number of carbonyl (C=O) groups is 2. The maximum atomic E-state index is 13.0. The number of amides is 3. The Kier molecular flexibility index (Phi) is 7.48. The lowest BCUT2D eigenvalue weighted by Gasteiger charge is -2.36. The maximum absolute atomic E-state index is 13.0. The summed E-state index contributed by atoms with van der Waals surface area (Å²) in [7, 11) is 1.84. The Labute approximate surface area is 221 Å². The molecule has 0 unspecified atom stereocenters. The van der Waals surface area contributed by atoms with Crippen molar-refractivity contribution in [3.63, 3.8) is 0 Å². The molecular weight excluding hydrogens is 482 g/mol. The number of carbonyl (C=O) groups excluding carboxylic acids is 2. The van der Waals surface area contributed by atoms with Crippen LogP contribution in [0.15, 0.2) is 72.8 Å². The first-order chi connectivity index (χ1) is 18.0. The second-order valence-corrected chi connectivity index (χ2v) is 10.3. The molecular formula is C29H31N5O2S. The molecule has 0 aliphatic carbocycles. The van der Waals surface area contributed by atoms with Crippen LogP contribution in [0.1, 0.15) is 28.4 Å². The van der Waals surface area contributed by atoms with Crippen LogP contribution in [0.3, 0.4) is 0 Å². The van der Waals surface area contributed by atoms with E-state index >= 15 is 0 Å². The standard InChI is InChI=1S/C29H31N5O2S/c1-3-21-10-14-24(15-11-21)32(2)29(36)34-18-16-33(17-19-34)20-22-8-12-23(13-9-22)27(35)31-28-30-25-6-4-5-7-26(25)37-28/h4-15H,3,16-20H2,1-2H3,(H,30,31,35). The van der Waals surface area contributed by atoms with Crippen LogP contribution in [0.4, 0.5) is 15.6 Å². The van der Waals surface area contributed by atoms with Gasteiger partial charge in [-0.2, -0.15) is 0 Å². The third-order valence-corrected chi connectivity index (χ3v) is 7.75. The first kappa shape index (κ1) is 24.9. The van der Waals surface area contributed by atoms with Crippen LogP contribution in [-0.2, 0) is 13.0 Å². The van der Waals surface area contributed by atoms with Crippen LogP contribution in [0.2, 0.25) is 0 Å². The molecule has 4 aromatic rings. The molecule has 1 aliphatic heterocycles. The number of anilines is 2. The summed E-state index contributed by atoms with van der Waals surface area (Å²) in [6.07, 6.45) is 0.986. The van der Waals surface area contributed by atoms with Gasteiger partial charge in [-0.05, 0) is 53.9 Å². The fraction of sp³-hybridized carbons (Fsp3) is 0.276. The molecule has 0 saturated carbocycles. The summed E-state index contributed by atoms with van der Waals surface area (Å²) in [6, 6.07) is 23.8. The molecule has 2 heterocycles. The number of urea groups is 1. The van der Waals surface area contributed by atoms with Crippen molar-refractivity contribution in [1.29, 1.82) is 0 Å². The Hall–Kier alpha value is -3.75. The first-order valence-electron chi connectivity index (χ1n) is 12.6. The van der Waals surface area contributed by atoms with Crippen LogP contribution in [-0.4, -0.2) is 59.9 Å². The number of nitrogens with one attached hydrogen (secondary N) is 1. The number of thiazole rings is 1. The molecule has 0 bridgehead atoms. The molecule has 0 radical (unpaired) electrons. The predicted octanol–water partition coefficient (Wildman–Crippen LogP) is 5.49. The highest BCUT2D eigenvalue weighted by atomic mass is 32.1. The number of hydrogen-bond acceptors (Lipinski definition) is 5. The second kappa shape index (κ2) is 11.1. The Morgan fingerprint density at radius 1 is 0.919 bits per heavy atom. The quantitative estimate of drug-likeness (QED) is 0.370. The van der Waals surface area contributed by atoms with Crippen molar-refractivity contribution in [3.05, 3.63) is 89.5 Å². The lowest BCUT2D eigenvalue weighted by Crippen LogP contribution is -2.51. The van der Waals surface area contributed by atoms with Crippen molar-refractivity contribution < 1.29 is 9.59 Å². The SMILES string of the molecule is CCc1ccc(N(C)C(=O)N2CCN(Cc3ccc(C(=O)Nc4nc5ccccc5s4)cc3)CC2)cc1. The molecule has 1 aliphatic rings. The Morgan fingerprint density at radius 2 is 1.59 bits per heavy atom. The number of aryl methyl sites for hydroxylation is 1. The number of fused-ring (bicyclic) bond motifs is 1. The smallest absolute Gasteiger partial charge is 0.322 e. The van der Waals surface area contributed by atoms with E-state index in [1.165, 1.54) is 16.9 Å². The van der Waals surface area contributed by atoms with Crippen LogP contribution in [0.5, 0.6) is 0 Å². The van der Waals surface area contributed by atoms with Gasteiger partial charge in [0.05, 0.1) is 10.2 Å². The van der Waals surface area contributed by atoms with Gasteiger partial charge in [-0.15, -0.1) is 0 Å². The van der Waals surface area contributed by atoms with Crippen molar-refractivity contribution in [3.8, 4) is 0 Å². The lowest BCUT2D eigenvalue weighted by molar-refractivity contribution is 0.102. The van der Waals surface area contributed by atoms with E-state index in [1.807, 2.05) is 72.6 Å². The highest BCUT2D eigenvalue weighted by Crippen LogP contribution is 2.26. The predicted molar refractivity (Wildman–Crippen MR) is 150 cm³/mol. The molecule has 8 heteroatoms. The van der Waals surface area contributed by atoms with Gasteiger partial charge in [0.2, 0.25) is 0 Å². The number of hydrogen-bond donors (Lipinski definition) is 1. The van der Waals surface area contributed by atoms with Gasteiger partial charge in [0.25, 0.3) is 5.91 Å². The zero-order chi connectivity index (χ0) is 25.8. The van der Waals surface area contributed by atoms with Gasteiger partial charge in [0.15, 0.2) is 5.13 Å². The van der Waals surface area contributed by atoms with Gasteiger partial charge < -0.3 is 4.90 Å². The van der Waals surface area contributed by atoms with Crippen LogP contribution >= 0.6 is 11.3 Å². The first-order valence-corrected chi connectivity index (χ1v) is 13.4. The van der Waals surface area contributed by atoms with Crippen molar-refractivity contribution in [2.24, 2.45) is 0 Å². The van der Waals surface area contributed by atoms with Gasteiger partial charge in [0, 0.05) is 51.0 Å². The van der Waals surface area contributed by atoms with Crippen LogP contribution < -0.4 is 10.2 Å². The lowest BCUT2D eigenvalue weighted by atomic mass is 10.1. The number of nitrogens with zero attached hydrogens (tertiary/aromatic N) is 4. The average Bonchev–Trinajstić information content (AvgIpc) is 3.35. The second-order valence-electron chi connectivity index (χ2n) is 9.26. The van der Waals surface area contributed by atoms with E-state index in [0.717, 1.165) is 47.5 Å². The van der Waals surface area contributed by atoms with Gasteiger partial charge in [-0.3, -0.25) is 19.9 Å². The van der Waals surface area contributed by atoms with E-state index in [2.05, 4.69) is 34.3 Å². The molecule has 1 saturated heterocycles. The zero-order valence-electron chi connectivity index (χ0n) is 21.2. The number of rotatable bonds is 6. The molecule has 1 aromatic heterocycles. The summed E-state index contributed by atoms with van der Waals surface area (Å²) in [5.41, 5.74) is 4.81. The molecule has 1 fully saturated rings. The Balaban J connectivity index is 1.11. The molecule has 7 nitrogen and oxygen atoms in total. The van der Waals surface area contributed by atoms with Crippen LogP contribution in [0, 0.1) is 0 Å². The minimum Gasteiger partial charge on any atom is -0.322 e. The van der Waals surface area contributed by atoms with E-state index in [1.54, 1.807) is 4.90 Å². The van der Waals surface area contributed by atoms with Gasteiger partial charge in [-0.1, -0.05) is 54.7 Å². The van der Waals surface area contributed by atoms with E-state index in [-0.39, 0.29) is 11.9 Å². The van der Waals surface area contributed by atoms with Crippen molar-refractivity contribution in [2.75, 3.05) is 43.4 Å². The largest absolute Gasteiger partial charge is 0.324 e. The van der Waals surface area contributed by atoms with Gasteiger partial charge in [-0.25, -0.2) is 9.78 Å². The van der Waals surface area contributed by atoms with E-state index < -0.39 is 0 Å². The molecule has 190 valence electrons. The Bertz CT molecular complexity index is 1340. The van der Waals surface area contributed by atoms with E-state index in [0.29, 0.717) is 23.8 Å². The number of para-hydroxylation sites is 1. The molecule has 3 amide bonds. The highest BCUT2D eigenvalue weighted by Gasteiger charge is 2.24. The van der Waals surface area contributed by atoms with E-state index in [9.17, 15) is 9.59 Å². The molecule has 0 atom stereocenters. The van der Waals surface area contributed by atoms with Crippen LogP contribution in [0.25, 0.3) is 10.2 Å². The summed E-state index contributed by atoms with van der Waals surface area (Å²) in [5.74, 6) is -0.161. The number of benzene rings is 3. The summed E-state index contributed by atoms with van der Waals surface area (Å²) in [6.45, 7) is 5.93. The van der Waals surface area contributed by atoms with Crippen molar-refractivity contribution in [1.82, 2.24) is 14.8 Å². The normalized spacial score (nSPS) is 14.1. The number of piperazine rings is 1. The summed E-state index contributed by atoms with van der Waals surface area (Å²) >= 11 is 1.47. The molecule has 5 rings (SSSR count). The molecule has 1 N–H and O–H groups in total. The third kappa shape index (κ3) is 5.81. The number of aromatic nitrogens is 1. The van der Waals surface area contributed by atoms with Gasteiger partial charge >= 0.3 is 6.03 Å². The Morgan fingerprint density at radius 3 is 2.27 bits per heavy atom. The average molecular weight is 514 g/mol. The summed E-state index contributed by atoms with van der Waals surface area (Å²) < 4.78 is 1.05. The summed E-state index contributed by atoms with van der Waals surface area (Å²) in [4.78, 5) is 36.1. The van der Waals surface area contributed by atoms with Crippen molar-refractivity contribution >= 4 is 44.3 Å². The molecule has 0 spiro atoms. The fourth-order valence-corrected chi connectivity index (χ4v) is 5.35. The monoisotopic (exact) mass is 513 g/mol.